The fourth-order valence-electron chi connectivity index (χ4n) is 5.96. The molecule has 0 radical (unpaired) electrons. The highest BCUT2D eigenvalue weighted by Crippen LogP contribution is 2.42. The molecule has 2 atom stereocenters. The largest absolute Gasteiger partial charge is 0.472 e. The Bertz CT molecular complexity index is 856. The number of aliphatic hydroxyl groups is 1. The van der Waals surface area contributed by atoms with Crippen LogP contribution in [0.3, 0.4) is 0 Å². The molecule has 0 saturated heterocycles. The second-order valence-corrected chi connectivity index (χ2v) is 15.8. The molecule has 9 nitrogen and oxygen atoms in total. The maximum Gasteiger partial charge on any atom is 0.472 e. The predicted octanol–water partition coefficient (Wildman–Crippen LogP) is 11.4. The monoisotopic (exact) mass is 746 g/mol. The maximum atomic E-state index is 12.1. The van der Waals surface area contributed by atoms with Gasteiger partial charge < -0.3 is 20.1 Å². The average Bonchev–Trinajstić information content (AvgIpc) is 3.11. The van der Waals surface area contributed by atoms with Crippen molar-refractivity contribution in [2.75, 3.05) is 26.4 Å². The molecule has 0 rings (SSSR count). The van der Waals surface area contributed by atoms with E-state index in [9.17, 15) is 24.2 Å². The molecule has 302 valence electrons. The van der Waals surface area contributed by atoms with Crippen LogP contribution in [0.25, 0.3) is 0 Å². The Morgan fingerprint density at radius 2 is 1.00 bits per heavy atom. The molecule has 0 fully saturated rings. The first-order valence-electron chi connectivity index (χ1n) is 21.2. The van der Waals surface area contributed by atoms with Crippen LogP contribution in [0.4, 0.5) is 0 Å². The minimum atomic E-state index is -4.41. The Balaban J connectivity index is 3.57. The summed E-state index contributed by atoms with van der Waals surface area (Å²) in [6, 6.07) is 0. The van der Waals surface area contributed by atoms with Crippen molar-refractivity contribution in [3.8, 4) is 0 Å². The number of carbonyl (C=O) groups excluding carboxylic acids is 2. The van der Waals surface area contributed by atoms with Crippen molar-refractivity contribution in [2.45, 2.75) is 213 Å². The quantitative estimate of drug-likeness (QED) is 0.0244. The molecule has 0 bridgehead atoms. The molecule has 2 unspecified atom stereocenters. The topological polar surface area (TPSA) is 131 Å². The highest BCUT2D eigenvalue weighted by molar-refractivity contribution is 7.47. The van der Waals surface area contributed by atoms with Crippen LogP contribution >= 0.6 is 7.82 Å². The van der Waals surface area contributed by atoms with Crippen molar-refractivity contribution in [3.05, 3.63) is 12.2 Å². The molecule has 0 aliphatic rings. The summed E-state index contributed by atoms with van der Waals surface area (Å²) in [6.45, 7) is 3.55. The summed E-state index contributed by atoms with van der Waals surface area (Å²) < 4.78 is 26.8. The fourth-order valence-corrected chi connectivity index (χ4v) is 6.72. The van der Waals surface area contributed by atoms with Crippen molar-refractivity contribution in [1.29, 1.82) is 0 Å². The first-order chi connectivity index (χ1) is 24.8. The van der Waals surface area contributed by atoms with E-state index < -0.39 is 26.5 Å². The number of phosphoric ester groups is 1. The number of unbranched alkanes of at least 4 members (excludes halogenated alkanes) is 25. The number of ether oxygens (including phenoxy) is 1. The SMILES string of the molecule is CCCCCC/C=C\CCCCCCCC(=O)OCC(O)COP(=O)(O)OCCNC(=O)CCCCCCCCCCCCCCCCCCC. The predicted molar refractivity (Wildman–Crippen MR) is 211 cm³/mol. The number of allylic oxidation sites excluding steroid dienone is 2. The molecule has 0 heterocycles. The van der Waals surface area contributed by atoms with Gasteiger partial charge in [0.1, 0.15) is 12.7 Å². The van der Waals surface area contributed by atoms with Gasteiger partial charge in [0.25, 0.3) is 0 Å². The summed E-state index contributed by atoms with van der Waals surface area (Å²) in [5.41, 5.74) is 0. The van der Waals surface area contributed by atoms with Crippen molar-refractivity contribution in [2.24, 2.45) is 0 Å². The van der Waals surface area contributed by atoms with E-state index in [1.807, 2.05) is 0 Å². The third kappa shape index (κ3) is 39.8. The minimum Gasteiger partial charge on any atom is -0.463 e. The highest BCUT2D eigenvalue weighted by atomic mass is 31.2. The molecule has 0 aliphatic carbocycles. The van der Waals surface area contributed by atoms with Crippen molar-refractivity contribution in [1.82, 2.24) is 5.32 Å². The van der Waals surface area contributed by atoms with E-state index in [0.29, 0.717) is 6.42 Å². The molecule has 0 aromatic heterocycles. The van der Waals surface area contributed by atoms with Crippen LogP contribution < -0.4 is 5.32 Å². The number of esters is 1. The van der Waals surface area contributed by atoms with Gasteiger partial charge in [0.05, 0.1) is 13.2 Å². The third-order valence-corrected chi connectivity index (χ3v) is 10.2. The molecule has 1 amide bonds. The molecule has 0 spiro atoms. The van der Waals surface area contributed by atoms with Crippen LogP contribution in [-0.2, 0) is 27.9 Å². The molecule has 0 aromatic carbocycles. The molecular weight excluding hydrogens is 665 g/mol. The zero-order valence-corrected chi connectivity index (χ0v) is 34.0. The lowest BCUT2D eigenvalue weighted by molar-refractivity contribution is -0.147. The van der Waals surface area contributed by atoms with Gasteiger partial charge in [0.15, 0.2) is 0 Å². The number of aliphatic hydroxyl groups excluding tert-OH is 1. The lowest BCUT2D eigenvalue weighted by atomic mass is 10.0. The van der Waals surface area contributed by atoms with Crippen LogP contribution in [0.2, 0.25) is 0 Å². The van der Waals surface area contributed by atoms with Gasteiger partial charge in [-0.3, -0.25) is 18.6 Å². The zero-order chi connectivity index (χ0) is 37.5. The van der Waals surface area contributed by atoms with E-state index in [1.54, 1.807) is 0 Å². The maximum absolute atomic E-state index is 12.1. The minimum absolute atomic E-state index is 0.0854. The molecule has 3 N–H and O–H groups in total. The lowest BCUT2D eigenvalue weighted by Crippen LogP contribution is -2.27. The van der Waals surface area contributed by atoms with E-state index >= 15 is 0 Å². The Morgan fingerprint density at radius 3 is 1.49 bits per heavy atom. The molecule has 0 saturated carbocycles. The van der Waals surface area contributed by atoms with Crippen LogP contribution in [0.5, 0.6) is 0 Å². The summed E-state index contributed by atoms with van der Waals surface area (Å²) in [6.07, 6.45) is 38.5. The van der Waals surface area contributed by atoms with Crippen molar-refractivity contribution in [3.63, 3.8) is 0 Å². The Morgan fingerprint density at radius 1 is 0.588 bits per heavy atom. The van der Waals surface area contributed by atoms with Gasteiger partial charge >= 0.3 is 13.8 Å². The summed E-state index contributed by atoms with van der Waals surface area (Å²) in [4.78, 5) is 33.8. The van der Waals surface area contributed by atoms with Gasteiger partial charge in [-0.1, -0.05) is 167 Å². The molecule has 0 aliphatic heterocycles. The molecule has 0 aromatic rings. The van der Waals surface area contributed by atoms with E-state index in [2.05, 4.69) is 31.3 Å². The van der Waals surface area contributed by atoms with Gasteiger partial charge in [0.2, 0.25) is 5.91 Å². The van der Waals surface area contributed by atoms with Crippen molar-refractivity contribution < 1.29 is 37.9 Å². The molecule has 10 heteroatoms. The summed E-state index contributed by atoms with van der Waals surface area (Å²) in [5, 5.41) is 12.7. The smallest absolute Gasteiger partial charge is 0.463 e. The number of amides is 1. The van der Waals surface area contributed by atoms with Gasteiger partial charge in [-0.2, -0.15) is 0 Å². The van der Waals surface area contributed by atoms with E-state index in [4.69, 9.17) is 13.8 Å². The summed E-state index contributed by atoms with van der Waals surface area (Å²) in [7, 11) is -4.41. The van der Waals surface area contributed by atoms with Gasteiger partial charge in [-0.05, 0) is 38.5 Å². The number of hydrogen-bond donors (Lipinski definition) is 3. The number of phosphoric acid groups is 1. The second kappa shape index (κ2) is 38.5. The van der Waals surface area contributed by atoms with E-state index in [0.717, 1.165) is 57.8 Å². The van der Waals surface area contributed by atoms with Gasteiger partial charge in [0, 0.05) is 19.4 Å². The normalized spacial score (nSPS) is 13.4. The number of nitrogens with one attached hydrogen (secondary N) is 1. The van der Waals surface area contributed by atoms with Gasteiger partial charge in [-0.25, -0.2) is 4.57 Å². The number of hydrogen-bond acceptors (Lipinski definition) is 7. The Labute approximate surface area is 313 Å². The first-order valence-corrected chi connectivity index (χ1v) is 22.7. The van der Waals surface area contributed by atoms with E-state index in [1.165, 1.54) is 122 Å². The average molecular weight is 746 g/mol. The van der Waals surface area contributed by atoms with Crippen LogP contribution in [0, 0.1) is 0 Å². The first kappa shape index (κ1) is 49.8. The Hall–Kier alpha value is -1.25. The fraction of sp³-hybridized carbons (Fsp3) is 0.902. The van der Waals surface area contributed by atoms with Gasteiger partial charge in [-0.15, -0.1) is 0 Å². The lowest BCUT2D eigenvalue weighted by Gasteiger charge is -2.15. The van der Waals surface area contributed by atoms with Crippen molar-refractivity contribution >= 4 is 19.7 Å². The zero-order valence-electron chi connectivity index (χ0n) is 33.1. The van der Waals surface area contributed by atoms with E-state index in [-0.39, 0.29) is 32.1 Å². The summed E-state index contributed by atoms with van der Waals surface area (Å²) in [5.74, 6) is -0.518. The number of rotatable bonds is 40. The van der Waals surface area contributed by atoms with Crippen LogP contribution in [-0.4, -0.2) is 54.3 Å². The second-order valence-electron chi connectivity index (χ2n) is 14.3. The standard InChI is InChI=1S/C41H80NO8P/c1-3-5-7-9-11-13-15-17-18-19-20-22-23-25-27-29-31-33-40(44)42-35-36-49-51(46,47)50-38-39(43)37-48-41(45)34-32-30-28-26-24-21-16-14-12-10-8-6-4-2/h14,16,39,43H,3-13,15,17-38H2,1-2H3,(H,42,44)(H,46,47)/b16-14-. The summed E-state index contributed by atoms with van der Waals surface area (Å²) >= 11 is 0. The van der Waals surface area contributed by atoms with Crippen LogP contribution in [0.15, 0.2) is 12.2 Å². The number of carbonyl (C=O) groups is 2. The molecule has 51 heavy (non-hydrogen) atoms. The Kier molecular flexibility index (Phi) is 37.5. The highest BCUT2D eigenvalue weighted by Gasteiger charge is 2.23. The third-order valence-electron chi connectivity index (χ3n) is 9.20. The molecular formula is C41H80NO8P. The van der Waals surface area contributed by atoms with Crippen LogP contribution in [0.1, 0.15) is 206 Å².